The Kier molecular flexibility index (Phi) is 9.18. The van der Waals surface area contributed by atoms with Crippen LogP contribution in [0.1, 0.15) is 0 Å². The molecule has 2 aromatic heterocycles. The van der Waals surface area contributed by atoms with Crippen LogP contribution in [0.3, 0.4) is 0 Å². The summed E-state index contributed by atoms with van der Waals surface area (Å²) in [7, 11) is 0. The molecule has 2 heterocycles. The van der Waals surface area contributed by atoms with Gasteiger partial charge >= 0.3 is 0 Å². The van der Waals surface area contributed by atoms with Gasteiger partial charge in [-0.2, -0.15) is 0 Å². The van der Waals surface area contributed by atoms with Gasteiger partial charge in [-0.05, 0) is 116 Å². The van der Waals surface area contributed by atoms with E-state index in [1.165, 1.54) is 22.3 Å². The lowest BCUT2D eigenvalue weighted by Gasteiger charge is -2.14. The summed E-state index contributed by atoms with van der Waals surface area (Å²) >= 11 is 0. The molecular formula is C58H38N2O. The molecule has 0 aliphatic carbocycles. The van der Waals surface area contributed by atoms with Gasteiger partial charge in [0.2, 0.25) is 0 Å². The van der Waals surface area contributed by atoms with Gasteiger partial charge in [0.25, 0.3) is 0 Å². The summed E-state index contributed by atoms with van der Waals surface area (Å²) in [5.74, 6) is 0.675. The van der Waals surface area contributed by atoms with Gasteiger partial charge in [0.05, 0.1) is 11.4 Å². The van der Waals surface area contributed by atoms with E-state index < -0.39 is 0 Å². The molecule has 0 aliphatic rings. The van der Waals surface area contributed by atoms with E-state index >= 15 is 0 Å². The van der Waals surface area contributed by atoms with Crippen LogP contribution in [0.5, 0.6) is 0 Å². The first-order valence-corrected chi connectivity index (χ1v) is 20.6. The Hall–Kier alpha value is -8.14. The maximum absolute atomic E-state index is 6.24. The maximum atomic E-state index is 6.24. The van der Waals surface area contributed by atoms with Crippen molar-refractivity contribution in [2.45, 2.75) is 0 Å². The fraction of sp³-hybridized carbons (Fsp3) is 0. The van der Waals surface area contributed by atoms with Gasteiger partial charge in [-0.1, -0.05) is 170 Å². The number of rotatable bonds is 8. The third kappa shape index (κ3) is 7.20. The summed E-state index contributed by atoms with van der Waals surface area (Å²) in [4.78, 5) is 10.6. The van der Waals surface area contributed by atoms with E-state index in [1.807, 2.05) is 30.3 Å². The largest absolute Gasteiger partial charge is 0.456 e. The first-order valence-electron chi connectivity index (χ1n) is 20.6. The highest BCUT2D eigenvalue weighted by molar-refractivity contribution is 6.06. The van der Waals surface area contributed by atoms with Crippen molar-refractivity contribution in [2.24, 2.45) is 0 Å². The van der Waals surface area contributed by atoms with Gasteiger partial charge in [0.15, 0.2) is 5.82 Å². The number of benzene rings is 9. The minimum absolute atomic E-state index is 0.675. The van der Waals surface area contributed by atoms with Crippen LogP contribution in [0.2, 0.25) is 0 Å². The van der Waals surface area contributed by atoms with E-state index in [-0.39, 0.29) is 0 Å². The molecular weight excluding hydrogens is 741 g/mol. The molecule has 286 valence electrons. The monoisotopic (exact) mass is 778 g/mol. The standard InChI is InChI=1S/C58H38N2O/c1-4-15-39(16-5-1)42-21-12-23-44(31-42)45-24-14-26-48(33-45)54-38-55(60-58(59-54)41-19-8-3-9-20-41)51-35-49(46-25-13-22-43(32-46)40-17-6-2-7-18-40)34-50(36-51)47-29-30-57-53(37-47)52-27-10-11-28-56(52)61-57/h1-38H. The maximum Gasteiger partial charge on any atom is 0.160 e. The number of hydrogen-bond donors (Lipinski definition) is 0. The fourth-order valence-electron chi connectivity index (χ4n) is 8.35. The fourth-order valence-corrected chi connectivity index (χ4v) is 8.35. The van der Waals surface area contributed by atoms with E-state index in [0.29, 0.717) is 5.82 Å². The topological polar surface area (TPSA) is 38.9 Å². The number of nitrogens with zero attached hydrogens (tertiary/aromatic N) is 2. The third-order valence-electron chi connectivity index (χ3n) is 11.5. The van der Waals surface area contributed by atoms with E-state index in [1.54, 1.807) is 0 Å². The molecule has 0 spiro atoms. The number of para-hydroxylation sites is 1. The van der Waals surface area contributed by atoms with Crippen molar-refractivity contribution < 1.29 is 4.42 Å². The lowest BCUT2D eigenvalue weighted by molar-refractivity contribution is 0.669. The predicted octanol–water partition coefficient (Wildman–Crippen LogP) is 15.7. The Morgan fingerprint density at radius 1 is 0.230 bits per heavy atom. The van der Waals surface area contributed by atoms with Crippen molar-refractivity contribution in [1.29, 1.82) is 0 Å². The highest BCUT2D eigenvalue weighted by atomic mass is 16.3. The van der Waals surface area contributed by atoms with Crippen LogP contribution in [0, 0.1) is 0 Å². The quantitative estimate of drug-likeness (QED) is 0.154. The van der Waals surface area contributed by atoms with Crippen LogP contribution in [-0.2, 0) is 0 Å². The lowest BCUT2D eigenvalue weighted by atomic mass is 9.92. The summed E-state index contributed by atoms with van der Waals surface area (Å²) in [6.45, 7) is 0. The Balaban J connectivity index is 1.08. The second kappa shape index (κ2) is 15.6. The summed E-state index contributed by atoms with van der Waals surface area (Å²) in [5.41, 5.74) is 17.9. The van der Waals surface area contributed by atoms with Gasteiger partial charge in [-0.15, -0.1) is 0 Å². The molecule has 11 rings (SSSR count). The number of hydrogen-bond acceptors (Lipinski definition) is 3. The van der Waals surface area contributed by atoms with Crippen LogP contribution in [0.4, 0.5) is 0 Å². The van der Waals surface area contributed by atoms with E-state index in [2.05, 4.69) is 200 Å². The minimum atomic E-state index is 0.675. The molecule has 0 saturated heterocycles. The van der Waals surface area contributed by atoms with Crippen LogP contribution < -0.4 is 0 Å². The Morgan fingerprint density at radius 3 is 1.23 bits per heavy atom. The first kappa shape index (κ1) is 36.0. The van der Waals surface area contributed by atoms with Gasteiger partial charge in [-0.25, -0.2) is 9.97 Å². The summed E-state index contributed by atoms with van der Waals surface area (Å²) in [6, 6.07) is 81.3. The summed E-state index contributed by atoms with van der Waals surface area (Å²) in [5, 5.41) is 2.20. The molecule has 3 nitrogen and oxygen atoms in total. The highest BCUT2D eigenvalue weighted by Crippen LogP contribution is 2.39. The molecule has 0 aliphatic heterocycles. The smallest absolute Gasteiger partial charge is 0.160 e. The minimum Gasteiger partial charge on any atom is -0.456 e. The summed E-state index contributed by atoms with van der Waals surface area (Å²) < 4.78 is 6.24. The molecule has 0 radical (unpaired) electrons. The molecule has 3 heteroatoms. The van der Waals surface area contributed by atoms with Crippen molar-refractivity contribution in [1.82, 2.24) is 9.97 Å². The molecule has 61 heavy (non-hydrogen) atoms. The van der Waals surface area contributed by atoms with E-state index in [9.17, 15) is 0 Å². The molecule has 0 saturated carbocycles. The SMILES string of the molecule is c1ccc(-c2cccc(-c3cccc(-c4cc(-c5cc(-c6cccc(-c7ccccc7)c6)cc(-c6ccc7oc8ccccc8c7c6)c5)nc(-c5ccccc5)n4)c3)c2)cc1. The number of aromatic nitrogens is 2. The number of fused-ring (bicyclic) bond motifs is 3. The molecule has 0 fully saturated rings. The van der Waals surface area contributed by atoms with Crippen molar-refractivity contribution in [3.05, 3.63) is 231 Å². The molecule has 11 aromatic rings. The van der Waals surface area contributed by atoms with E-state index in [4.69, 9.17) is 14.4 Å². The second-order valence-corrected chi connectivity index (χ2v) is 15.4. The zero-order chi connectivity index (χ0) is 40.5. The van der Waals surface area contributed by atoms with Crippen LogP contribution in [-0.4, -0.2) is 9.97 Å². The molecule has 0 bridgehead atoms. The van der Waals surface area contributed by atoms with Gasteiger partial charge in [0, 0.05) is 27.5 Å². The number of furan rings is 1. The van der Waals surface area contributed by atoms with Crippen LogP contribution in [0.25, 0.3) is 111 Å². The normalized spacial score (nSPS) is 11.3. The van der Waals surface area contributed by atoms with Crippen molar-refractivity contribution in [2.75, 3.05) is 0 Å². The molecule has 9 aromatic carbocycles. The first-order chi connectivity index (χ1) is 30.2. The third-order valence-corrected chi connectivity index (χ3v) is 11.5. The van der Waals surface area contributed by atoms with Crippen molar-refractivity contribution in [3.63, 3.8) is 0 Å². The Bertz CT molecular complexity index is 3350. The van der Waals surface area contributed by atoms with Crippen molar-refractivity contribution >= 4 is 21.9 Å². The Labute approximate surface area is 354 Å². The zero-order valence-electron chi connectivity index (χ0n) is 33.2. The average Bonchev–Trinajstić information content (AvgIpc) is 3.73. The average molecular weight is 779 g/mol. The molecule has 0 unspecified atom stereocenters. The summed E-state index contributed by atoms with van der Waals surface area (Å²) in [6.07, 6.45) is 0. The second-order valence-electron chi connectivity index (χ2n) is 15.4. The van der Waals surface area contributed by atoms with Crippen LogP contribution >= 0.6 is 0 Å². The molecule has 0 amide bonds. The Morgan fingerprint density at radius 2 is 0.623 bits per heavy atom. The van der Waals surface area contributed by atoms with Crippen molar-refractivity contribution in [3.8, 4) is 89.5 Å². The highest BCUT2D eigenvalue weighted by Gasteiger charge is 2.16. The van der Waals surface area contributed by atoms with Gasteiger partial charge in [-0.3, -0.25) is 0 Å². The zero-order valence-corrected chi connectivity index (χ0v) is 33.2. The van der Waals surface area contributed by atoms with Gasteiger partial charge < -0.3 is 4.42 Å². The molecule has 0 atom stereocenters. The lowest BCUT2D eigenvalue weighted by Crippen LogP contribution is -1.97. The molecule has 0 N–H and O–H groups in total. The predicted molar refractivity (Wildman–Crippen MR) is 253 cm³/mol. The van der Waals surface area contributed by atoms with E-state index in [0.717, 1.165) is 83.4 Å². The van der Waals surface area contributed by atoms with Gasteiger partial charge in [0.1, 0.15) is 11.2 Å². The van der Waals surface area contributed by atoms with Crippen LogP contribution in [0.15, 0.2) is 235 Å².